The Morgan fingerprint density at radius 3 is 2.58 bits per heavy atom. The molecule has 0 aliphatic rings. The van der Waals surface area contributed by atoms with Crippen LogP contribution >= 0.6 is 11.6 Å². The Labute approximate surface area is 120 Å². The third-order valence-corrected chi connectivity index (χ3v) is 3.53. The van der Waals surface area contributed by atoms with E-state index in [4.69, 9.17) is 11.6 Å². The lowest BCUT2D eigenvalue weighted by molar-refractivity contribution is 0.108. The monoisotopic (exact) mass is 300 g/mol. The number of benzene rings is 1. The van der Waals surface area contributed by atoms with Crippen molar-refractivity contribution in [3.63, 3.8) is 0 Å². The molecule has 0 aromatic heterocycles. The van der Waals surface area contributed by atoms with Crippen LogP contribution in [-0.2, 0) is 22.9 Å². The second-order valence-corrected chi connectivity index (χ2v) is 5.49. The van der Waals surface area contributed by atoms with Crippen molar-refractivity contribution in [3.05, 3.63) is 47.0 Å². The molecule has 1 rings (SSSR count). The number of carbonyl (C=O) groups excluding carboxylic acids is 1. The van der Waals surface area contributed by atoms with Gasteiger partial charge in [-0.15, -0.1) is 0 Å². The highest BCUT2D eigenvalue weighted by molar-refractivity contribution is 7.71. The smallest absolute Gasteiger partial charge is 0.252 e. The number of rotatable bonds is 7. The Hall–Kier alpha value is -1.13. The molecule has 0 heterocycles. The fourth-order valence-electron chi connectivity index (χ4n) is 1.80. The standard InChI is InChI=1S/C14H17ClO3S/c1-2-3-4-5-6-11-7-8-12(14(15)16)9-13(11)10-19(17)18/h3-4,7-9,19H,2,5-6,10H2,1H3. The summed E-state index contributed by atoms with van der Waals surface area (Å²) in [5.74, 6) is -0.0554. The molecule has 0 radical (unpaired) electrons. The molecule has 3 nitrogen and oxygen atoms in total. The maximum absolute atomic E-state index is 11.1. The normalized spacial score (nSPS) is 11.3. The van der Waals surface area contributed by atoms with E-state index in [1.54, 1.807) is 18.2 Å². The average molecular weight is 301 g/mol. The predicted octanol–water partition coefficient (Wildman–Crippen LogP) is 3.08. The summed E-state index contributed by atoms with van der Waals surface area (Å²) >= 11 is 5.41. The minimum absolute atomic E-state index is 0.0554. The van der Waals surface area contributed by atoms with Crippen molar-refractivity contribution in [2.75, 3.05) is 0 Å². The summed E-state index contributed by atoms with van der Waals surface area (Å²) in [6, 6.07) is 4.98. The second-order valence-electron chi connectivity index (χ2n) is 4.17. The third-order valence-electron chi connectivity index (χ3n) is 2.72. The molecule has 19 heavy (non-hydrogen) atoms. The molecule has 0 saturated heterocycles. The van der Waals surface area contributed by atoms with E-state index in [-0.39, 0.29) is 5.75 Å². The van der Waals surface area contributed by atoms with Gasteiger partial charge in [0.25, 0.3) is 5.24 Å². The van der Waals surface area contributed by atoms with Gasteiger partial charge >= 0.3 is 0 Å². The van der Waals surface area contributed by atoms with E-state index < -0.39 is 15.9 Å². The van der Waals surface area contributed by atoms with Crippen molar-refractivity contribution >= 4 is 27.5 Å². The molecule has 0 bridgehead atoms. The van der Waals surface area contributed by atoms with Crippen molar-refractivity contribution in [2.45, 2.75) is 31.9 Å². The zero-order chi connectivity index (χ0) is 14.3. The summed E-state index contributed by atoms with van der Waals surface area (Å²) < 4.78 is 21.8. The van der Waals surface area contributed by atoms with Crippen molar-refractivity contribution in [2.24, 2.45) is 0 Å². The summed E-state index contributed by atoms with van der Waals surface area (Å²) in [5, 5.41) is -0.570. The Morgan fingerprint density at radius 2 is 2.00 bits per heavy atom. The molecule has 0 aliphatic carbocycles. The van der Waals surface area contributed by atoms with Crippen LogP contribution in [0.5, 0.6) is 0 Å². The van der Waals surface area contributed by atoms with Crippen molar-refractivity contribution < 1.29 is 13.2 Å². The van der Waals surface area contributed by atoms with Crippen LogP contribution < -0.4 is 0 Å². The van der Waals surface area contributed by atoms with Gasteiger partial charge in [0.15, 0.2) is 0 Å². The summed E-state index contributed by atoms with van der Waals surface area (Å²) in [7, 11) is -2.52. The van der Waals surface area contributed by atoms with Gasteiger partial charge in [-0.1, -0.05) is 25.1 Å². The van der Waals surface area contributed by atoms with Gasteiger partial charge in [-0.05, 0) is 54.1 Å². The van der Waals surface area contributed by atoms with Crippen molar-refractivity contribution in [1.82, 2.24) is 0 Å². The molecule has 5 heteroatoms. The fourth-order valence-corrected chi connectivity index (χ4v) is 2.49. The molecule has 0 unspecified atom stereocenters. The number of carbonyl (C=O) groups is 1. The molecule has 0 saturated carbocycles. The minimum Gasteiger partial charge on any atom is -0.276 e. The maximum atomic E-state index is 11.1. The Kier molecular flexibility index (Phi) is 6.81. The third kappa shape index (κ3) is 5.57. The lowest BCUT2D eigenvalue weighted by Crippen LogP contribution is -1.99. The van der Waals surface area contributed by atoms with E-state index in [1.165, 1.54) is 0 Å². The Balaban J connectivity index is 2.94. The first-order chi connectivity index (χ1) is 9.04. The highest BCUT2D eigenvalue weighted by Crippen LogP contribution is 2.17. The van der Waals surface area contributed by atoms with Crippen LogP contribution in [-0.4, -0.2) is 13.7 Å². The second kappa shape index (κ2) is 8.12. The minimum atomic E-state index is -2.52. The summed E-state index contributed by atoms with van der Waals surface area (Å²) in [6.07, 6.45) is 6.74. The van der Waals surface area contributed by atoms with Crippen LogP contribution in [0.2, 0.25) is 0 Å². The van der Waals surface area contributed by atoms with Crippen LogP contribution in [0.15, 0.2) is 30.4 Å². The SMILES string of the molecule is CCC=CCCc1ccc(C(=O)Cl)cc1C[SH](=O)=O. The van der Waals surface area contributed by atoms with E-state index in [0.29, 0.717) is 11.1 Å². The highest BCUT2D eigenvalue weighted by atomic mass is 35.5. The van der Waals surface area contributed by atoms with E-state index in [9.17, 15) is 13.2 Å². The number of thiol groups is 1. The maximum Gasteiger partial charge on any atom is 0.252 e. The molecule has 104 valence electrons. The number of halogens is 1. The number of aryl methyl sites for hydroxylation is 1. The molecular formula is C14H17ClO3S. The van der Waals surface area contributed by atoms with E-state index in [1.807, 2.05) is 0 Å². The van der Waals surface area contributed by atoms with Gasteiger partial charge in [0.05, 0.1) is 5.75 Å². The number of hydrogen-bond acceptors (Lipinski definition) is 3. The molecule has 0 aliphatic heterocycles. The Bertz CT molecular complexity index is 540. The summed E-state index contributed by atoms with van der Waals surface area (Å²) in [6.45, 7) is 2.06. The van der Waals surface area contributed by atoms with Gasteiger partial charge < -0.3 is 0 Å². The van der Waals surface area contributed by atoms with Gasteiger partial charge in [-0.25, -0.2) is 8.42 Å². The van der Waals surface area contributed by atoms with Crippen molar-refractivity contribution in [3.8, 4) is 0 Å². The summed E-state index contributed by atoms with van der Waals surface area (Å²) in [4.78, 5) is 11.1. The molecular weight excluding hydrogens is 284 g/mol. The van der Waals surface area contributed by atoms with Crippen LogP contribution in [0.3, 0.4) is 0 Å². The van der Waals surface area contributed by atoms with Gasteiger partial charge in [-0.2, -0.15) is 0 Å². The lowest BCUT2D eigenvalue weighted by atomic mass is 10.0. The van der Waals surface area contributed by atoms with Gasteiger partial charge in [0, 0.05) is 5.56 Å². The van der Waals surface area contributed by atoms with E-state index in [2.05, 4.69) is 19.1 Å². The van der Waals surface area contributed by atoms with Gasteiger partial charge in [0.2, 0.25) is 0 Å². The van der Waals surface area contributed by atoms with Crippen LogP contribution in [0, 0.1) is 0 Å². The van der Waals surface area contributed by atoms with E-state index >= 15 is 0 Å². The zero-order valence-electron chi connectivity index (χ0n) is 10.8. The molecule has 0 spiro atoms. The first kappa shape index (κ1) is 15.9. The summed E-state index contributed by atoms with van der Waals surface area (Å²) in [5.41, 5.74) is 1.94. The Morgan fingerprint density at radius 1 is 1.26 bits per heavy atom. The molecule has 0 fully saturated rings. The highest BCUT2D eigenvalue weighted by Gasteiger charge is 2.08. The molecule has 0 atom stereocenters. The van der Waals surface area contributed by atoms with Crippen LogP contribution in [0.4, 0.5) is 0 Å². The quantitative estimate of drug-likeness (QED) is 0.478. The first-order valence-corrected chi connectivity index (χ1v) is 7.87. The van der Waals surface area contributed by atoms with E-state index in [0.717, 1.165) is 24.8 Å². The van der Waals surface area contributed by atoms with Gasteiger partial charge in [-0.3, -0.25) is 4.79 Å². The average Bonchev–Trinajstić information content (AvgIpc) is 2.35. The number of allylic oxidation sites excluding steroid dienone is 2. The lowest BCUT2D eigenvalue weighted by Gasteiger charge is -2.07. The molecule has 0 amide bonds. The van der Waals surface area contributed by atoms with Crippen LogP contribution in [0.25, 0.3) is 0 Å². The van der Waals surface area contributed by atoms with Crippen LogP contribution in [0.1, 0.15) is 41.3 Å². The molecule has 1 aromatic carbocycles. The van der Waals surface area contributed by atoms with Crippen molar-refractivity contribution in [1.29, 1.82) is 0 Å². The predicted molar refractivity (Wildman–Crippen MR) is 78.4 cm³/mol. The largest absolute Gasteiger partial charge is 0.276 e. The first-order valence-electron chi connectivity index (χ1n) is 6.13. The number of hydrogen-bond donors (Lipinski definition) is 1. The molecule has 1 aromatic rings. The fraction of sp³-hybridized carbons (Fsp3) is 0.357. The zero-order valence-corrected chi connectivity index (χ0v) is 12.4. The molecule has 0 N–H and O–H groups in total. The van der Waals surface area contributed by atoms with Gasteiger partial charge in [0.1, 0.15) is 10.7 Å². The topological polar surface area (TPSA) is 51.2 Å².